The highest BCUT2D eigenvalue weighted by molar-refractivity contribution is 6.31. The third kappa shape index (κ3) is 6.04. The Morgan fingerprint density at radius 1 is 1.07 bits per heavy atom. The molecule has 0 saturated heterocycles. The molecule has 1 unspecified atom stereocenters. The molecule has 0 aromatic heterocycles. The van der Waals surface area contributed by atoms with Gasteiger partial charge in [0.25, 0.3) is 17.5 Å². The molecule has 0 fully saturated rings. The first kappa shape index (κ1) is 21.3. The summed E-state index contributed by atoms with van der Waals surface area (Å²) in [5, 5.41) is 16.6. The van der Waals surface area contributed by atoms with Crippen molar-refractivity contribution in [2.45, 2.75) is 13.3 Å². The van der Waals surface area contributed by atoms with Gasteiger partial charge in [-0.15, -0.1) is 0 Å². The minimum Gasteiger partial charge on any atom is -0.322 e. The number of amides is 2. The number of aryl methyl sites for hydroxylation is 1. The Bertz CT molecular complexity index is 888. The van der Waals surface area contributed by atoms with E-state index in [1.807, 2.05) is 31.2 Å². The minimum absolute atomic E-state index is 0.0252. The molecule has 0 saturated carbocycles. The van der Waals surface area contributed by atoms with Crippen molar-refractivity contribution in [3.8, 4) is 0 Å². The zero-order chi connectivity index (χ0) is 20.7. The number of quaternary nitrogens is 1. The molecule has 0 bridgehead atoms. The summed E-state index contributed by atoms with van der Waals surface area (Å²) in [6, 6.07) is 11.5. The van der Waals surface area contributed by atoms with Crippen LogP contribution in [0, 0.1) is 10.1 Å². The van der Waals surface area contributed by atoms with Gasteiger partial charge in [-0.05, 0) is 30.2 Å². The Labute approximate surface area is 167 Å². The van der Waals surface area contributed by atoms with Crippen LogP contribution < -0.4 is 15.5 Å². The van der Waals surface area contributed by atoms with Gasteiger partial charge in [-0.3, -0.25) is 19.7 Å². The summed E-state index contributed by atoms with van der Waals surface area (Å²) in [5.41, 5.74) is 1.56. The first-order valence-electron chi connectivity index (χ1n) is 8.73. The summed E-state index contributed by atoms with van der Waals surface area (Å²) in [5.74, 6) is -0.659. The van der Waals surface area contributed by atoms with Crippen molar-refractivity contribution in [1.82, 2.24) is 0 Å². The molecule has 0 radical (unpaired) electrons. The average Bonchev–Trinajstić information content (AvgIpc) is 2.63. The first-order chi connectivity index (χ1) is 13.3. The quantitative estimate of drug-likeness (QED) is 0.460. The van der Waals surface area contributed by atoms with Crippen molar-refractivity contribution < 1.29 is 19.4 Å². The van der Waals surface area contributed by atoms with Gasteiger partial charge in [-0.2, -0.15) is 0 Å². The van der Waals surface area contributed by atoms with E-state index in [1.54, 1.807) is 7.05 Å². The number of hydrogen-bond donors (Lipinski definition) is 3. The van der Waals surface area contributed by atoms with E-state index in [4.69, 9.17) is 11.6 Å². The largest absolute Gasteiger partial charge is 0.322 e. The fraction of sp³-hybridized carbons (Fsp3) is 0.263. The number of rotatable bonds is 8. The molecule has 2 rings (SSSR count). The summed E-state index contributed by atoms with van der Waals surface area (Å²) in [4.78, 5) is 35.6. The number of nitrogens with one attached hydrogen (secondary N) is 3. The van der Waals surface area contributed by atoms with Gasteiger partial charge >= 0.3 is 0 Å². The van der Waals surface area contributed by atoms with Crippen molar-refractivity contribution in [1.29, 1.82) is 0 Å². The highest BCUT2D eigenvalue weighted by Crippen LogP contribution is 2.27. The topological polar surface area (TPSA) is 106 Å². The number of halogens is 1. The van der Waals surface area contributed by atoms with Crippen molar-refractivity contribution in [2.24, 2.45) is 0 Å². The molecule has 148 valence electrons. The van der Waals surface area contributed by atoms with Crippen LogP contribution in [-0.4, -0.2) is 36.9 Å². The average molecular weight is 406 g/mol. The number of nitro groups is 1. The summed E-state index contributed by atoms with van der Waals surface area (Å²) >= 11 is 5.76. The van der Waals surface area contributed by atoms with E-state index in [1.165, 1.54) is 18.2 Å². The Kier molecular flexibility index (Phi) is 7.48. The summed E-state index contributed by atoms with van der Waals surface area (Å²) in [6.07, 6.45) is 0.793. The monoisotopic (exact) mass is 405 g/mol. The number of hydrogen-bond acceptors (Lipinski definition) is 4. The second kappa shape index (κ2) is 9.82. The molecular weight excluding hydrogens is 384 g/mol. The lowest BCUT2D eigenvalue weighted by atomic mass is 10.1. The Morgan fingerprint density at radius 3 is 2.29 bits per heavy atom. The van der Waals surface area contributed by atoms with Gasteiger partial charge in [0, 0.05) is 16.8 Å². The SMILES string of the molecule is CCc1ccccc1NC(=O)C[NH+](C)CC(=O)Nc1ccc(Cl)cc1[N+](=O)[O-]. The van der Waals surface area contributed by atoms with E-state index in [-0.39, 0.29) is 35.4 Å². The number of carbonyl (C=O) groups is 2. The maximum atomic E-state index is 12.2. The lowest BCUT2D eigenvalue weighted by molar-refractivity contribution is -0.862. The standard InChI is InChI=1S/C19H21ClN4O4/c1-3-13-6-4-5-7-15(13)21-18(25)11-23(2)12-19(26)22-16-9-8-14(20)10-17(16)24(27)28/h4-10H,3,11-12H2,1-2H3,(H,21,25)(H,22,26)/p+1. The predicted octanol–water partition coefficient (Wildman–Crippen LogP) is 1.90. The molecule has 0 aliphatic carbocycles. The molecule has 0 spiro atoms. The van der Waals surface area contributed by atoms with E-state index in [0.717, 1.165) is 17.7 Å². The minimum atomic E-state index is -0.614. The molecule has 2 aromatic carbocycles. The number of benzene rings is 2. The maximum Gasteiger partial charge on any atom is 0.294 e. The van der Waals surface area contributed by atoms with Crippen LogP contribution in [0.25, 0.3) is 0 Å². The highest BCUT2D eigenvalue weighted by atomic mass is 35.5. The van der Waals surface area contributed by atoms with Crippen LogP contribution in [0.3, 0.4) is 0 Å². The maximum absolute atomic E-state index is 12.2. The van der Waals surface area contributed by atoms with Crippen LogP contribution in [0.4, 0.5) is 17.1 Å². The smallest absolute Gasteiger partial charge is 0.294 e. The van der Waals surface area contributed by atoms with Gasteiger partial charge in [-0.25, -0.2) is 0 Å². The summed E-state index contributed by atoms with van der Waals surface area (Å²) < 4.78 is 0. The number of likely N-dealkylation sites (N-methyl/N-ethyl adjacent to an activating group) is 1. The number of nitrogens with zero attached hydrogens (tertiary/aromatic N) is 1. The number of carbonyl (C=O) groups excluding carboxylic acids is 2. The van der Waals surface area contributed by atoms with Crippen LogP contribution in [0.5, 0.6) is 0 Å². The lowest BCUT2D eigenvalue weighted by Gasteiger charge is -2.15. The molecule has 0 heterocycles. The van der Waals surface area contributed by atoms with Crippen molar-refractivity contribution in [3.05, 3.63) is 63.2 Å². The Morgan fingerprint density at radius 2 is 1.68 bits per heavy atom. The first-order valence-corrected chi connectivity index (χ1v) is 9.10. The molecule has 2 amide bonds. The van der Waals surface area contributed by atoms with Crippen molar-refractivity contribution in [3.63, 3.8) is 0 Å². The van der Waals surface area contributed by atoms with E-state index < -0.39 is 10.8 Å². The van der Waals surface area contributed by atoms with Gasteiger partial charge in [0.2, 0.25) is 0 Å². The fourth-order valence-corrected chi connectivity index (χ4v) is 2.88. The second-order valence-corrected chi connectivity index (χ2v) is 6.77. The number of anilines is 2. The van der Waals surface area contributed by atoms with Crippen LogP contribution in [0.1, 0.15) is 12.5 Å². The van der Waals surface area contributed by atoms with Crippen molar-refractivity contribution in [2.75, 3.05) is 30.8 Å². The van der Waals surface area contributed by atoms with Crippen LogP contribution in [0.2, 0.25) is 5.02 Å². The highest BCUT2D eigenvalue weighted by Gasteiger charge is 2.19. The zero-order valence-corrected chi connectivity index (χ0v) is 16.4. The van der Waals surface area contributed by atoms with Gasteiger partial charge in [0.15, 0.2) is 13.1 Å². The van der Waals surface area contributed by atoms with Gasteiger partial charge in [-0.1, -0.05) is 36.7 Å². The molecule has 9 heteroatoms. The Hall–Kier alpha value is -2.97. The van der Waals surface area contributed by atoms with Crippen molar-refractivity contribution >= 4 is 40.5 Å². The molecule has 2 aromatic rings. The molecular formula is C19H22ClN4O4+. The normalized spacial score (nSPS) is 11.5. The molecule has 28 heavy (non-hydrogen) atoms. The molecule has 0 aliphatic rings. The molecule has 3 N–H and O–H groups in total. The lowest BCUT2D eigenvalue weighted by Crippen LogP contribution is -3.11. The number of nitro benzene ring substituents is 1. The van der Waals surface area contributed by atoms with Crippen LogP contribution in [-0.2, 0) is 16.0 Å². The molecule has 0 aliphatic heterocycles. The van der Waals surface area contributed by atoms with Gasteiger partial charge < -0.3 is 15.5 Å². The number of para-hydroxylation sites is 1. The third-order valence-electron chi connectivity index (χ3n) is 4.03. The molecule has 8 nitrogen and oxygen atoms in total. The fourth-order valence-electron chi connectivity index (χ4n) is 2.71. The van der Waals surface area contributed by atoms with E-state index in [0.29, 0.717) is 4.90 Å². The van der Waals surface area contributed by atoms with Crippen LogP contribution >= 0.6 is 11.6 Å². The van der Waals surface area contributed by atoms with Gasteiger partial charge in [0.05, 0.1) is 12.0 Å². The second-order valence-electron chi connectivity index (χ2n) is 6.34. The van der Waals surface area contributed by atoms with E-state index >= 15 is 0 Å². The van der Waals surface area contributed by atoms with Gasteiger partial charge in [0.1, 0.15) is 5.69 Å². The third-order valence-corrected chi connectivity index (χ3v) is 4.26. The zero-order valence-electron chi connectivity index (χ0n) is 15.6. The predicted molar refractivity (Wildman–Crippen MR) is 108 cm³/mol. The summed E-state index contributed by atoms with van der Waals surface area (Å²) in [7, 11) is 1.70. The van der Waals surface area contributed by atoms with E-state index in [9.17, 15) is 19.7 Å². The summed E-state index contributed by atoms with van der Waals surface area (Å²) in [6.45, 7) is 2.06. The Balaban J connectivity index is 1.92. The molecule has 1 atom stereocenters. The van der Waals surface area contributed by atoms with Crippen LogP contribution in [0.15, 0.2) is 42.5 Å². The van der Waals surface area contributed by atoms with E-state index in [2.05, 4.69) is 10.6 Å².